The highest BCUT2D eigenvalue weighted by Gasteiger charge is 2.37. The highest BCUT2D eigenvalue weighted by atomic mass is 16.6. The number of nitrogens with zero attached hydrogens (tertiary/aromatic N) is 2. The van der Waals surface area contributed by atoms with E-state index in [2.05, 4.69) is 4.74 Å². The number of nitro benzene ring substituents is 1. The van der Waals surface area contributed by atoms with Crippen LogP contribution < -0.4 is 0 Å². The average Bonchev–Trinajstić information content (AvgIpc) is 2.95. The number of benzene rings is 1. The van der Waals surface area contributed by atoms with Crippen molar-refractivity contribution < 1.29 is 24.4 Å². The maximum Gasteiger partial charge on any atom is 0.328 e. The van der Waals surface area contributed by atoms with Gasteiger partial charge in [0.1, 0.15) is 6.04 Å². The summed E-state index contributed by atoms with van der Waals surface area (Å²) < 4.78 is 4.64. The van der Waals surface area contributed by atoms with Crippen molar-refractivity contribution in [3.63, 3.8) is 0 Å². The monoisotopic (exact) mass is 294 g/mol. The fourth-order valence-corrected chi connectivity index (χ4v) is 2.40. The number of aromatic hydroxyl groups is 1. The number of hydrogen-bond donors (Lipinski definition) is 1. The van der Waals surface area contributed by atoms with Crippen molar-refractivity contribution in [3.05, 3.63) is 33.9 Å². The van der Waals surface area contributed by atoms with Crippen LogP contribution in [-0.2, 0) is 9.53 Å². The molecule has 8 nitrogen and oxygen atoms in total. The van der Waals surface area contributed by atoms with Gasteiger partial charge in [-0.05, 0) is 18.9 Å². The van der Waals surface area contributed by atoms with Crippen LogP contribution in [0.15, 0.2) is 18.2 Å². The maximum atomic E-state index is 12.4. The number of phenolic OH excluding ortho intramolecular Hbond substituents is 1. The van der Waals surface area contributed by atoms with Gasteiger partial charge in [0, 0.05) is 12.6 Å². The van der Waals surface area contributed by atoms with Gasteiger partial charge in [-0.3, -0.25) is 14.9 Å². The Hall–Kier alpha value is -2.64. The third-order valence-corrected chi connectivity index (χ3v) is 3.43. The predicted octanol–water partition coefficient (Wildman–Crippen LogP) is 1.08. The lowest BCUT2D eigenvalue weighted by Crippen LogP contribution is -2.41. The van der Waals surface area contributed by atoms with Gasteiger partial charge in [0.15, 0.2) is 0 Å². The Balaban J connectivity index is 2.34. The minimum Gasteiger partial charge on any atom is -0.502 e. The van der Waals surface area contributed by atoms with Crippen molar-refractivity contribution in [1.29, 1.82) is 0 Å². The van der Waals surface area contributed by atoms with Gasteiger partial charge in [0.05, 0.1) is 17.6 Å². The van der Waals surface area contributed by atoms with E-state index >= 15 is 0 Å². The van der Waals surface area contributed by atoms with Gasteiger partial charge in [0.25, 0.3) is 5.91 Å². The number of rotatable bonds is 3. The second-order valence-electron chi connectivity index (χ2n) is 4.61. The van der Waals surface area contributed by atoms with Crippen LogP contribution in [0, 0.1) is 10.1 Å². The SMILES string of the molecule is COC(=O)C1CCCN1C(=O)c1cccc([N+](=O)[O-])c1O. The zero-order valence-corrected chi connectivity index (χ0v) is 11.3. The van der Waals surface area contributed by atoms with Gasteiger partial charge in [-0.2, -0.15) is 0 Å². The van der Waals surface area contributed by atoms with Crippen LogP contribution in [0.5, 0.6) is 5.75 Å². The number of phenols is 1. The van der Waals surface area contributed by atoms with E-state index in [4.69, 9.17) is 0 Å². The third-order valence-electron chi connectivity index (χ3n) is 3.43. The van der Waals surface area contributed by atoms with E-state index in [0.29, 0.717) is 19.4 Å². The molecule has 112 valence electrons. The Morgan fingerprint density at radius 2 is 2.19 bits per heavy atom. The molecule has 1 amide bonds. The Morgan fingerprint density at radius 1 is 1.48 bits per heavy atom. The predicted molar refractivity (Wildman–Crippen MR) is 70.8 cm³/mol. The van der Waals surface area contributed by atoms with Crippen molar-refractivity contribution >= 4 is 17.6 Å². The topological polar surface area (TPSA) is 110 Å². The summed E-state index contributed by atoms with van der Waals surface area (Å²) in [5, 5.41) is 20.6. The lowest BCUT2D eigenvalue weighted by molar-refractivity contribution is -0.385. The summed E-state index contributed by atoms with van der Waals surface area (Å²) in [5.41, 5.74) is -0.741. The first-order chi connectivity index (χ1) is 9.97. The molecular weight excluding hydrogens is 280 g/mol. The van der Waals surface area contributed by atoms with Crippen LogP contribution in [-0.4, -0.2) is 46.5 Å². The van der Waals surface area contributed by atoms with Gasteiger partial charge in [0.2, 0.25) is 5.75 Å². The fourth-order valence-electron chi connectivity index (χ4n) is 2.40. The van der Waals surface area contributed by atoms with Gasteiger partial charge in [-0.15, -0.1) is 0 Å². The molecule has 1 heterocycles. The summed E-state index contributed by atoms with van der Waals surface area (Å²) in [7, 11) is 1.23. The number of ether oxygens (including phenoxy) is 1. The zero-order chi connectivity index (χ0) is 15.6. The quantitative estimate of drug-likeness (QED) is 0.507. The zero-order valence-electron chi connectivity index (χ0n) is 11.3. The number of likely N-dealkylation sites (tertiary alicyclic amines) is 1. The van der Waals surface area contributed by atoms with Crippen molar-refractivity contribution in [1.82, 2.24) is 4.90 Å². The van der Waals surface area contributed by atoms with Crippen molar-refractivity contribution in [2.24, 2.45) is 0 Å². The van der Waals surface area contributed by atoms with Crippen LogP contribution in [0.25, 0.3) is 0 Å². The van der Waals surface area contributed by atoms with Crippen LogP contribution in [0.4, 0.5) is 5.69 Å². The lowest BCUT2D eigenvalue weighted by Gasteiger charge is -2.22. The van der Waals surface area contributed by atoms with Crippen LogP contribution in [0.1, 0.15) is 23.2 Å². The van der Waals surface area contributed by atoms with Crippen LogP contribution in [0.2, 0.25) is 0 Å². The summed E-state index contributed by atoms with van der Waals surface area (Å²) >= 11 is 0. The Kier molecular flexibility index (Phi) is 4.06. The Morgan fingerprint density at radius 3 is 2.81 bits per heavy atom. The average molecular weight is 294 g/mol. The Labute approximate surface area is 120 Å². The number of amides is 1. The highest BCUT2D eigenvalue weighted by Crippen LogP contribution is 2.32. The summed E-state index contributed by atoms with van der Waals surface area (Å²) in [6, 6.07) is 2.99. The summed E-state index contributed by atoms with van der Waals surface area (Å²) in [6.45, 7) is 0.334. The summed E-state index contributed by atoms with van der Waals surface area (Å²) in [5.74, 6) is -1.85. The van der Waals surface area contributed by atoms with E-state index in [1.54, 1.807) is 0 Å². The molecule has 1 aliphatic rings. The molecular formula is C13H14N2O6. The van der Waals surface area contributed by atoms with E-state index in [9.17, 15) is 24.8 Å². The normalized spacial score (nSPS) is 17.6. The number of esters is 1. The molecule has 1 saturated heterocycles. The number of methoxy groups -OCH3 is 1. The molecule has 1 unspecified atom stereocenters. The van der Waals surface area contributed by atoms with E-state index < -0.39 is 34.3 Å². The summed E-state index contributed by atoms with van der Waals surface area (Å²) in [4.78, 5) is 35.3. The molecule has 1 fully saturated rings. The molecule has 2 rings (SSSR count). The molecule has 1 atom stereocenters. The lowest BCUT2D eigenvalue weighted by atomic mass is 10.1. The molecule has 0 aromatic heterocycles. The third kappa shape index (κ3) is 2.64. The number of carbonyl (C=O) groups excluding carboxylic acids is 2. The van der Waals surface area contributed by atoms with Crippen molar-refractivity contribution in [3.8, 4) is 5.75 Å². The molecule has 1 N–H and O–H groups in total. The van der Waals surface area contributed by atoms with E-state index in [1.807, 2.05) is 0 Å². The van der Waals surface area contributed by atoms with Crippen LogP contribution in [0.3, 0.4) is 0 Å². The van der Waals surface area contributed by atoms with Gasteiger partial charge < -0.3 is 14.7 Å². The van der Waals surface area contributed by atoms with Crippen molar-refractivity contribution in [2.45, 2.75) is 18.9 Å². The van der Waals surface area contributed by atoms with E-state index in [0.717, 1.165) is 6.07 Å². The first kappa shape index (κ1) is 14.8. The molecule has 1 aliphatic heterocycles. The van der Waals surface area contributed by atoms with Gasteiger partial charge in [-0.25, -0.2) is 4.79 Å². The molecule has 1 aromatic carbocycles. The number of para-hydroxylation sites is 1. The molecule has 0 saturated carbocycles. The van der Waals surface area contributed by atoms with E-state index in [-0.39, 0.29) is 5.56 Å². The summed E-state index contributed by atoms with van der Waals surface area (Å²) in [6.07, 6.45) is 1.09. The largest absolute Gasteiger partial charge is 0.502 e. The maximum absolute atomic E-state index is 12.4. The highest BCUT2D eigenvalue weighted by molar-refractivity contribution is 6.00. The van der Waals surface area contributed by atoms with E-state index in [1.165, 1.54) is 24.1 Å². The standard InChI is InChI=1S/C13H14N2O6/c1-21-13(18)10-6-3-7-14(10)12(17)8-4-2-5-9(11(8)16)15(19)20/h2,4-5,10,16H,3,6-7H2,1H3. The minimum absolute atomic E-state index is 0.194. The second-order valence-corrected chi connectivity index (χ2v) is 4.61. The van der Waals surface area contributed by atoms with Crippen LogP contribution >= 0.6 is 0 Å². The Bertz CT molecular complexity index is 600. The number of carbonyl (C=O) groups is 2. The number of nitro groups is 1. The molecule has 0 spiro atoms. The molecule has 21 heavy (non-hydrogen) atoms. The molecule has 0 aliphatic carbocycles. The van der Waals surface area contributed by atoms with Gasteiger partial charge >= 0.3 is 11.7 Å². The molecule has 0 bridgehead atoms. The molecule has 8 heteroatoms. The van der Waals surface area contributed by atoms with Gasteiger partial charge in [-0.1, -0.05) is 6.07 Å². The number of hydrogen-bond acceptors (Lipinski definition) is 6. The first-order valence-electron chi connectivity index (χ1n) is 6.32. The minimum atomic E-state index is -0.770. The molecule has 0 radical (unpaired) electrons. The molecule has 1 aromatic rings. The fraction of sp³-hybridized carbons (Fsp3) is 0.385. The van der Waals surface area contributed by atoms with Crippen molar-refractivity contribution in [2.75, 3.05) is 13.7 Å². The smallest absolute Gasteiger partial charge is 0.328 e. The second kappa shape index (κ2) is 5.78. The first-order valence-corrected chi connectivity index (χ1v) is 6.32.